The van der Waals surface area contributed by atoms with Gasteiger partial charge in [-0.3, -0.25) is 0 Å². The van der Waals surface area contributed by atoms with Crippen molar-refractivity contribution < 1.29 is 4.74 Å². The molecule has 1 aliphatic rings. The molecular weight excluding hydrogens is 633 g/mol. The molecule has 3 heteroatoms. The van der Waals surface area contributed by atoms with Crippen LogP contribution in [0.25, 0.3) is 54.6 Å². The lowest BCUT2D eigenvalue weighted by Crippen LogP contribution is -2.10. The highest BCUT2D eigenvalue weighted by atomic mass is 16.5. The zero-order valence-corrected chi connectivity index (χ0v) is 28.4. The van der Waals surface area contributed by atoms with Gasteiger partial charge in [0.1, 0.15) is 0 Å². The Hall–Kier alpha value is -6.84. The van der Waals surface area contributed by atoms with E-state index < -0.39 is 0 Å². The highest BCUT2D eigenvalue weighted by molar-refractivity contribution is 6.18. The maximum Gasteiger partial charge on any atom is 0.196 e. The Morgan fingerprint density at radius 1 is 0.404 bits per heavy atom. The second kappa shape index (κ2) is 12.5. The molecule has 0 amide bonds. The van der Waals surface area contributed by atoms with E-state index >= 15 is 0 Å². The van der Waals surface area contributed by atoms with Crippen LogP contribution < -0.4 is 15.0 Å². The maximum absolute atomic E-state index is 6.63. The van der Waals surface area contributed by atoms with Crippen molar-refractivity contribution in [2.75, 3.05) is 10.2 Å². The molecule has 10 rings (SSSR count). The van der Waals surface area contributed by atoms with Crippen molar-refractivity contribution in [3.63, 3.8) is 0 Å². The van der Waals surface area contributed by atoms with Gasteiger partial charge in [-0.2, -0.15) is 0 Å². The minimum Gasteiger partial charge on any atom is -0.464 e. The number of fused-ring (bicyclic) bond motifs is 7. The third kappa shape index (κ3) is 5.14. The third-order valence-corrected chi connectivity index (χ3v) is 10.3. The molecule has 0 radical (unpaired) electrons. The number of hydrogen-bond donors (Lipinski definition) is 1. The minimum atomic E-state index is -0.225. The van der Waals surface area contributed by atoms with Gasteiger partial charge in [0.05, 0.1) is 11.4 Å². The molecule has 1 atom stereocenters. The highest BCUT2D eigenvalue weighted by Crippen LogP contribution is 2.49. The first kappa shape index (κ1) is 30.0. The van der Waals surface area contributed by atoms with Gasteiger partial charge in [-0.15, -0.1) is 0 Å². The Bertz CT molecular complexity index is 2720. The quantitative estimate of drug-likeness (QED) is 0.179. The molecule has 1 aliphatic heterocycles. The van der Waals surface area contributed by atoms with Crippen molar-refractivity contribution in [3.8, 4) is 28.0 Å². The number of hydrogen-bond acceptors (Lipinski definition) is 3. The van der Waals surface area contributed by atoms with Crippen LogP contribution >= 0.6 is 0 Å². The van der Waals surface area contributed by atoms with Gasteiger partial charge in [0, 0.05) is 33.1 Å². The van der Waals surface area contributed by atoms with Gasteiger partial charge in [0.15, 0.2) is 12.0 Å². The Labute approximate surface area is 303 Å². The van der Waals surface area contributed by atoms with E-state index in [0.717, 1.165) is 45.0 Å². The topological polar surface area (TPSA) is 24.5 Å². The smallest absolute Gasteiger partial charge is 0.196 e. The van der Waals surface area contributed by atoms with Crippen molar-refractivity contribution >= 4 is 55.1 Å². The summed E-state index contributed by atoms with van der Waals surface area (Å²) in [5.41, 5.74) is 10.3. The zero-order valence-electron chi connectivity index (χ0n) is 28.4. The summed E-state index contributed by atoms with van der Waals surface area (Å²) >= 11 is 0. The minimum absolute atomic E-state index is 0.225. The molecule has 1 unspecified atom stereocenters. The van der Waals surface area contributed by atoms with Crippen LogP contribution in [0.3, 0.4) is 0 Å². The molecule has 9 aromatic carbocycles. The Morgan fingerprint density at radius 3 is 1.69 bits per heavy atom. The van der Waals surface area contributed by atoms with E-state index in [4.69, 9.17) is 4.74 Å². The van der Waals surface area contributed by atoms with Gasteiger partial charge in [0.25, 0.3) is 0 Å². The van der Waals surface area contributed by atoms with Crippen LogP contribution in [0.15, 0.2) is 194 Å². The second-order valence-corrected chi connectivity index (χ2v) is 13.4. The summed E-state index contributed by atoms with van der Waals surface area (Å²) in [6, 6.07) is 69.3. The number of rotatable bonds is 6. The molecule has 0 aromatic heterocycles. The molecule has 52 heavy (non-hydrogen) atoms. The van der Waals surface area contributed by atoms with E-state index in [-0.39, 0.29) is 6.23 Å². The van der Waals surface area contributed by atoms with Crippen LogP contribution in [0.4, 0.5) is 22.7 Å². The molecule has 9 aromatic rings. The lowest BCUT2D eigenvalue weighted by atomic mass is 9.95. The summed E-state index contributed by atoms with van der Waals surface area (Å²) in [6.45, 7) is 0. The molecule has 0 spiro atoms. The monoisotopic (exact) mass is 666 g/mol. The first-order valence-corrected chi connectivity index (χ1v) is 17.8. The van der Waals surface area contributed by atoms with E-state index in [1.165, 1.54) is 43.6 Å². The largest absolute Gasteiger partial charge is 0.464 e. The number of anilines is 4. The summed E-state index contributed by atoms with van der Waals surface area (Å²) in [6.07, 6.45) is -0.225. The first-order chi connectivity index (χ1) is 25.8. The Kier molecular flexibility index (Phi) is 7.21. The predicted molar refractivity (Wildman–Crippen MR) is 218 cm³/mol. The van der Waals surface area contributed by atoms with Gasteiger partial charge >= 0.3 is 0 Å². The second-order valence-electron chi connectivity index (χ2n) is 13.4. The molecule has 0 aliphatic carbocycles. The van der Waals surface area contributed by atoms with E-state index in [0.29, 0.717) is 0 Å². The molecule has 1 N–H and O–H groups in total. The first-order valence-electron chi connectivity index (χ1n) is 17.8. The van der Waals surface area contributed by atoms with Crippen molar-refractivity contribution in [1.29, 1.82) is 0 Å². The van der Waals surface area contributed by atoms with Gasteiger partial charge in [-0.1, -0.05) is 152 Å². The fourth-order valence-electron chi connectivity index (χ4n) is 7.73. The van der Waals surface area contributed by atoms with E-state index in [1.54, 1.807) is 0 Å². The fraction of sp³-hybridized carbons (Fsp3) is 0.0204. The average molecular weight is 667 g/mol. The van der Waals surface area contributed by atoms with Crippen LogP contribution in [-0.4, -0.2) is 0 Å². The van der Waals surface area contributed by atoms with Crippen LogP contribution in [-0.2, 0) is 0 Å². The fourth-order valence-corrected chi connectivity index (χ4v) is 7.73. The summed E-state index contributed by atoms with van der Waals surface area (Å²) in [4.78, 5) is 2.37. The van der Waals surface area contributed by atoms with Gasteiger partial charge in [-0.25, -0.2) is 0 Å². The normalized spacial score (nSPS) is 13.5. The van der Waals surface area contributed by atoms with Gasteiger partial charge < -0.3 is 15.0 Å². The predicted octanol–water partition coefficient (Wildman–Crippen LogP) is 13.5. The standard InChI is InChI=1S/C49H34N2O/c1-3-12-33(13-4-1)34-22-27-39(28-23-34)51(46-21-11-17-36-14-7-8-18-41(36)46)40-29-24-35(25-30-40)38-26-31-44-45(32-38)42-19-9-10-20-43(42)47-48(44)52-49(50-47)37-15-5-2-6-16-37/h1-32,49-50H. The molecule has 0 saturated carbocycles. The van der Waals surface area contributed by atoms with Crippen molar-refractivity contribution in [1.82, 2.24) is 0 Å². The number of benzene rings is 9. The SMILES string of the molecule is c1ccc(-c2ccc(N(c3ccc(-c4ccc5c6c(c7ccccc7c5c4)NC(c4ccccc4)O6)cc3)c3cccc4ccccc34)cc2)cc1. The molecule has 0 saturated heterocycles. The summed E-state index contributed by atoms with van der Waals surface area (Å²) in [5.74, 6) is 0.911. The van der Waals surface area contributed by atoms with Crippen LogP contribution in [0.2, 0.25) is 0 Å². The summed E-state index contributed by atoms with van der Waals surface area (Å²) in [5, 5.41) is 10.8. The van der Waals surface area contributed by atoms with Crippen LogP contribution in [0, 0.1) is 0 Å². The molecule has 0 bridgehead atoms. The summed E-state index contributed by atoms with van der Waals surface area (Å²) < 4.78 is 6.63. The molecule has 1 heterocycles. The molecule has 246 valence electrons. The van der Waals surface area contributed by atoms with Gasteiger partial charge in [0.2, 0.25) is 0 Å². The lowest BCUT2D eigenvalue weighted by Gasteiger charge is -2.27. The highest BCUT2D eigenvalue weighted by Gasteiger charge is 2.28. The van der Waals surface area contributed by atoms with Crippen molar-refractivity contribution in [3.05, 3.63) is 200 Å². The lowest BCUT2D eigenvalue weighted by molar-refractivity contribution is 0.262. The Balaban J connectivity index is 1.05. The van der Waals surface area contributed by atoms with Crippen molar-refractivity contribution in [2.24, 2.45) is 0 Å². The van der Waals surface area contributed by atoms with Gasteiger partial charge in [-0.05, 0) is 80.9 Å². The zero-order chi connectivity index (χ0) is 34.4. The van der Waals surface area contributed by atoms with E-state index in [9.17, 15) is 0 Å². The third-order valence-electron chi connectivity index (χ3n) is 10.3. The molecular formula is C49H34N2O. The number of nitrogens with zero attached hydrogens (tertiary/aromatic N) is 1. The van der Waals surface area contributed by atoms with Crippen molar-refractivity contribution in [2.45, 2.75) is 6.23 Å². The number of nitrogens with one attached hydrogen (secondary N) is 1. The number of ether oxygens (including phenoxy) is 1. The maximum atomic E-state index is 6.63. The van der Waals surface area contributed by atoms with Crippen LogP contribution in [0.5, 0.6) is 5.75 Å². The average Bonchev–Trinajstić information content (AvgIpc) is 3.69. The van der Waals surface area contributed by atoms with E-state index in [2.05, 4.69) is 198 Å². The van der Waals surface area contributed by atoms with Crippen LogP contribution in [0.1, 0.15) is 11.8 Å². The Morgan fingerprint density at radius 2 is 0.962 bits per heavy atom. The van der Waals surface area contributed by atoms with E-state index in [1.807, 2.05) is 6.07 Å². The molecule has 3 nitrogen and oxygen atoms in total. The molecule has 0 fully saturated rings. The summed E-state index contributed by atoms with van der Waals surface area (Å²) in [7, 11) is 0.